The van der Waals surface area contributed by atoms with Crippen molar-refractivity contribution in [2.24, 2.45) is 0 Å². The van der Waals surface area contributed by atoms with E-state index in [9.17, 15) is 0 Å². The number of allylic oxidation sites excluding steroid dienone is 2. The van der Waals surface area contributed by atoms with Gasteiger partial charge >= 0.3 is 0 Å². The van der Waals surface area contributed by atoms with Crippen molar-refractivity contribution in [1.29, 1.82) is 0 Å². The van der Waals surface area contributed by atoms with E-state index in [1.54, 1.807) is 0 Å². The largest absolute Gasteiger partial charge is 0.333 e. The summed E-state index contributed by atoms with van der Waals surface area (Å²) < 4.78 is 1.32. The summed E-state index contributed by atoms with van der Waals surface area (Å²) in [6.45, 7) is 7.10. The van der Waals surface area contributed by atoms with Crippen molar-refractivity contribution in [3.8, 4) is 32.7 Å². The van der Waals surface area contributed by atoms with E-state index in [2.05, 4.69) is 225 Å². The molecule has 57 heavy (non-hydrogen) atoms. The number of anilines is 5. The molecule has 0 bridgehead atoms. The van der Waals surface area contributed by atoms with Gasteiger partial charge in [-0.3, -0.25) is 0 Å². The van der Waals surface area contributed by atoms with E-state index in [0.717, 1.165) is 17.1 Å². The van der Waals surface area contributed by atoms with Gasteiger partial charge < -0.3 is 9.80 Å². The number of rotatable bonds is 6. The van der Waals surface area contributed by atoms with Gasteiger partial charge in [-0.15, -0.1) is 11.3 Å². The van der Waals surface area contributed by atoms with Crippen molar-refractivity contribution >= 4 is 49.9 Å². The molecular formula is C54H42N2S. The standard InChI is InChI=1S/C54H42N2S/c1-53(2)46-17-9-8-16-44(46)45-30-29-43(35-47(45)53)55(42-27-22-37(23-28-42)51-34-39-13-7-10-18-50(39)57-51)41-25-20-36(21-26-41)38-24-31-49-48(33-38)54(3)32-12-11-19-52(54)56(49)40-14-5-4-6-15-40/h4-35,52H,1-3H3. The maximum absolute atomic E-state index is 2.50. The quantitative estimate of drug-likeness (QED) is 0.167. The van der Waals surface area contributed by atoms with Gasteiger partial charge in [0.25, 0.3) is 0 Å². The third-order valence-corrected chi connectivity index (χ3v) is 13.9. The molecule has 0 radical (unpaired) electrons. The van der Waals surface area contributed by atoms with E-state index in [0.29, 0.717) is 0 Å². The highest BCUT2D eigenvalue weighted by Crippen LogP contribution is 2.53. The minimum Gasteiger partial charge on any atom is -0.333 e. The first kappa shape index (κ1) is 33.9. The molecular weight excluding hydrogens is 709 g/mol. The summed E-state index contributed by atoms with van der Waals surface area (Å²) >= 11 is 1.85. The summed E-state index contributed by atoms with van der Waals surface area (Å²) in [6, 6.07) is 63.3. The van der Waals surface area contributed by atoms with Gasteiger partial charge in [-0.1, -0.05) is 135 Å². The van der Waals surface area contributed by atoms with Crippen LogP contribution in [0.2, 0.25) is 0 Å². The molecule has 3 aliphatic rings. The lowest BCUT2D eigenvalue weighted by atomic mass is 9.75. The lowest BCUT2D eigenvalue weighted by Gasteiger charge is -2.34. The topological polar surface area (TPSA) is 6.48 Å². The molecule has 0 saturated carbocycles. The molecule has 11 rings (SSSR count). The van der Waals surface area contributed by atoms with Crippen LogP contribution in [-0.2, 0) is 10.8 Å². The zero-order chi connectivity index (χ0) is 38.3. The van der Waals surface area contributed by atoms with Gasteiger partial charge in [0.05, 0.1) is 6.04 Å². The zero-order valence-electron chi connectivity index (χ0n) is 32.4. The maximum Gasteiger partial charge on any atom is 0.0655 e. The molecule has 7 aromatic carbocycles. The second kappa shape index (κ2) is 12.8. The van der Waals surface area contributed by atoms with Crippen LogP contribution < -0.4 is 9.80 Å². The minimum atomic E-state index is -0.129. The maximum atomic E-state index is 2.50. The molecule has 1 aromatic heterocycles. The summed E-state index contributed by atoms with van der Waals surface area (Å²) in [5.74, 6) is 0. The Kier molecular flexibility index (Phi) is 7.61. The summed E-state index contributed by atoms with van der Waals surface area (Å²) in [4.78, 5) is 6.21. The average Bonchev–Trinajstić information content (AvgIpc) is 3.88. The molecule has 2 atom stereocenters. The Morgan fingerprint density at radius 3 is 1.98 bits per heavy atom. The van der Waals surface area contributed by atoms with E-state index in [4.69, 9.17) is 0 Å². The van der Waals surface area contributed by atoms with Crippen molar-refractivity contribution in [3.63, 3.8) is 0 Å². The number of hydrogen-bond donors (Lipinski definition) is 0. The number of benzene rings is 7. The lowest BCUT2D eigenvalue weighted by molar-refractivity contribution is 0.551. The van der Waals surface area contributed by atoms with E-state index < -0.39 is 0 Å². The Balaban J connectivity index is 0.989. The first-order chi connectivity index (χ1) is 27.9. The van der Waals surface area contributed by atoms with E-state index in [1.165, 1.54) is 70.8 Å². The second-order valence-electron chi connectivity index (χ2n) is 16.4. The number of fused-ring (bicyclic) bond motifs is 7. The predicted octanol–water partition coefficient (Wildman–Crippen LogP) is 14.9. The van der Waals surface area contributed by atoms with Crippen LogP contribution in [0, 0.1) is 0 Å². The molecule has 0 fully saturated rings. The molecule has 8 aromatic rings. The van der Waals surface area contributed by atoms with Gasteiger partial charge in [-0.05, 0) is 130 Å². The number of thiophene rings is 1. The van der Waals surface area contributed by atoms with Crippen molar-refractivity contribution in [2.75, 3.05) is 9.80 Å². The summed E-state index contributed by atoms with van der Waals surface area (Å²) in [5.41, 5.74) is 16.2. The van der Waals surface area contributed by atoms with Gasteiger partial charge in [0.15, 0.2) is 0 Å². The molecule has 1 aliphatic heterocycles. The molecule has 2 heterocycles. The summed E-state index contributed by atoms with van der Waals surface area (Å²) in [6.07, 6.45) is 9.13. The van der Waals surface area contributed by atoms with Gasteiger partial charge in [-0.25, -0.2) is 0 Å². The third-order valence-electron chi connectivity index (χ3n) is 12.7. The molecule has 0 amide bonds. The fourth-order valence-corrected chi connectivity index (χ4v) is 10.8. The van der Waals surface area contributed by atoms with Crippen LogP contribution in [0.1, 0.15) is 37.5 Å². The van der Waals surface area contributed by atoms with Crippen molar-refractivity contribution < 1.29 is 0 Å². The highest BCUT2D eigenvalue weighted by atomic mass is 32.1. The highest BCUT2D eigenvalue weighted by Gasteiger charge is 2.46. The first-order valence-corrected chi connectivity index (χ1v) is 20.8. The summed E-state index contributed by atoms with van der Waals surface area (Å²) in [7, 11) is 0. The van der Waals surface area contributed by atoms with Crippen LogP contribution in [0.3, 0.4) is 0 Å². The molecule has 0 N–H and O–H groups in total. The van der Waals surface area contributed by atoms with Crippen LogP contribution in [-0.4, -0.2) is 6.04 Å². The van der Waals surface area contributed by atoms with Gasteiger partial charge in [0, 0.05) is 48.8 Å². The average molecular weight is 751 g/mol. The summed E-state index contributed by atoms with van der Waals surface area (Å²) in [5, 5.41) is 1.29. The molecule has 2 nitrogen and oxygen atoms in total. The van der Waals surface area contributed by atoms with Crippen molar-refractivity contribution in [3.05, 3.63) is 211 Å². The van der Waals surface area contributed by atoms with E-state index in [-0.39, 0.29) is 16.9 Å². The molecule has 0 spiro atoms. The highest BCUT2D eigenvalue weighted by molar-refractivity contribution is 7.22. The normalized spacial score (nSPS) is 18.3. The van der Waals surface area contributed by atoms with Crippen molar-refractivity contribution in [2.45, 2.75) is 37.6 Å². The molecule has 2 aliphatic carbocycles. The van der Waals surface area contributed by atoms with Crippen LogP contribution in [0.4, 0.5) is 28.4 Å². The first-order valence-electron chi connectivity index (χ1n) is 20.0. The Morgan fingerprint density at radius 2 is 1.19 bits per heavy atom. The van der Waals surface area contributed by atoms with Crippen LogP contribution >= 0.6 is 11.3 Å². The Hall–Kier alpha value is -6.42. The Morgan fingerprint density at radius 1 is 0.526 bits per heavy atom. The zero-order valence-corrected chi connectivity index (χ0v) is 33.2. The van der Waals surface area contributed by atoms with Gasteiger partial charge in [0.2, 0.25) is 0 Å². The predicted molar refractivity (Wildman–Crippen MR) is 243 cm³/mol. The molecule has 3 heteroatoms. The number of hydrogen-bond acceptors (Lipinski definition) is 3. The lowest BCUT2D eigenvalue weighted by Crippen LogP contribution is -2.39. The van der Waals surface area contributed by atoms with Crippen LogP contribution in [0.25, 0.3) is 42.8 Å². The monoisotopic (exact) mass is 750 g/mol. The number of nitrogens with zero attached hydrogens (tertiary/aromatic N) is 2. The molecule has 274 valence electrons. The van der Waals surface area contributed by atoms with Gasteiger partial charge in [-0.2, -0.15) is 0 Å². The van der Waals surface area contributed by atoms with E-state index in [1.807, 2.05) is 11.3 Å². The minimum absolute atomic E-state index is 0.0921. The second-order valence-corrected chi connectivity index (χ2v) is 17.5. The Bertz CT molecular complexity index is 2860. The third kappa shape index (κ3) is 5.30. The number of para-hydroxylation sites is 1. The SMILES string of the molecule is CC1(C)c2ccccc2-c2ccc(N(c3ccc(-c4ccc5c(c4)C4(C)C=CC=CC4N5c4ccccc4)cc3)c3ccc(-c4cc5ccccc5s4)cc3)cc21. The Labute approximate surface area is 339 Å². The smallest absolute Gasteiger partial charge is 0.0655 e. The molecule has 0 saturated heterocycles. The van der Waals surface area contributed by atoms with Crippen LogP contribution in [0.5, 0.6) is 0 Å². The molecule has 2 unspecified atom stereocenters. The van der Waals surface area contributed by atoms with E-state index >= 15 is 0 Å². The fraction of sp³-hybridized carbons (Fsp3) is 0.111. The van der Waals surface area contributed by atoms with Crippen LogP contribution in [0.15, 0.2) is 194 Å². The van der Waals surface area contributed by atoms with Gasteiger partial charge in [0.1, 0.15) is 0 Å². The fourth-order valence-electron chi connectivity index (χ4n) is 9.70. The van der Waals surface area contributed by atoms with Crippen molar-refractivity contribution in [1.82, 2.24) is 0 Å².